The predicted octanol–water partition coefficient (Wildman–Crippen LogP) is 4.26. The molecule has 1 aliphatic carbocycles. The third-order valence-corrected chi connectivity index (χ3v) is 3.79. The normalized spacial score (nSPS) is 18.7. The summed E-state index contributed by atoms with van der Waals surface area (Å²) in [6.45, 7) is 1.77. The first kappa shape index (κ1) is 13.1. The molecule has 0 amide bonds. The summed E-state index contributed by atoms with van der Waals surface area (Å²) >= 11 is 0. The lowest BCUT2D eigenvalue weighted by molar-refractivity contribution is 0.0743. The van der Waals surface area contributed by atoms with Gasteiger partial charge >= 0.3 is 0 Å². The second-order valence-electron chi connectivity index (χ2n) is 5.17. The molecule has 4 heteroatoms. The van der Waals surface area contributed by atoms with Gasteiger partial charge < -0.3 is 0 Å². The van der Waals surface area contributed by atoms with Crippen LogP contribution in [0.25, 0.3) is 0 Å². The number of carbonyl (C=O) groups excluding carboxylic acids is 1. The Balaban J connectivity index is 2.37. The van der Waals surface area contributed by atoms with Crippen LogP contribution in [0, 0.1) is 22.9 Å². The Hall–Kier alpha value is -1.32. The minimum absolute atomic E-state index is 0.335. The zero-order chi connectivity index (χ0) is 13.3. The van der Waals surface area contributed by atoms with Crippen molar-refractivity contribution < 1.29 is 18.0 Å². The fourth-order valence-electron chi connectivity index (χ4n) is 2.59. The smallest absolute Gasteiger partial charge is 0.195 e. The summed E-state index contributed by atoms with van der Waals surface area (Å²) in [6, 6.07) is 1.84. The molecular formula is C14H15F3O. The molecule has 0 saturated heterocycles. The number of hydrogen-bond acceptors (Lipinski definition) is 1. The number of carbonyl (C=O) groups is 1. The Morgan fingerprint density at radius 2 is 1.67 bits per heavy atom. The molecule has 1 aromatic carbocycles. The van der Waals surface area contributed by atoms with Crippen molar-refractivity contribution in [2.24, 2.45) is 5.41 Å². The molecule has 2 rings (SSSR count). The second kappa shape index (κ2) is 4.75. The van der Waals surface area contributed by atoms with Gasteiger partial charge in [-0.25, -0.2) is 13.2 Å². The third kappa shape index (κ3) is 2.16. The van der Waals surface area contributed by atoms with E-state index in [0.717, 1.165) is 31.4 Å². The van der Waals surface area contributed by atoms with Crippen LogP contribution < -0.4 is 0 Å². The fraction of sp³-hybridized carbons (Fsp3) is 0.500. The Labute approximate surface area is 104 Å². The van der Waals surface area contributed by atoms with Crippen molar-refractivity contribution in [3.8, 4) is 0 Å². The van der Waals surface area contributed by atoms with Crippen molar-refractivity contribution in [1.82, 2.24) is 0 Å². The van der Waals surface area contributed by atoms with Crippen LogP contribution >= 0.6 is 0 Å². The molecule has 0 aliphatic heterocycles. The van der Waals surface area contributed by atoms with E-state index in [1.54, 1.807) is 6.92 Å². The Morgan fingerprint density at radius 1 is 1.06 bits per heavy atom. The predicted molar refractivity (Wildman–Crippen MR) is 61.8 cm³/mol. The summed E-state index contributed by atoms with van der Waals surface area (Å²) in [5.41, 5.74) is -0.984. The molecule has 0 N–H and O–H groups in total. The molecule has 1 nitrogen and oxygen atoms in total. The van der Waals surface area contributed by atoms with Crippen LogP contribution in [-0.2, 0) is 0 Å². The average Bonchev–Trinajstić information content (AvgIpc) is 2.36. The standard InChI is InChI=1S/C14H15F3O/c1-14(7-3-2-4-8-14)13(18)9-5-6-10(15)12(17)11(9)16/h5-6H,2-4,7-8H2,1H3. The van der Waals surface area contributed by atoms with E-state index in [4.69, 9.17) is 0 Å². The molecule has 0 heterocycles. The van der Waals surface area contributed by atoms with E-state index in [0.29, 0.717) is 12.8 Å². The van der Waals surface area contributed by atoms with Gasteiger partial charge in [0.2, 0.25) is 0 Å². The van der Waals surface area contributed by atoms with Crippen LogP contribution in [0.15, 0.2) is 12.1 Å². The first-order valence-corrected chi connectivity index (χ1v) is 6.14. The summed E-state index contributed by atoms with van der Waals surface area (Å²) < 4.78 is 39.6. The van der Waals surface area contributed by atoms with Gasteiger partial charge in [-0.2, -0.15) is 0 Å². The highest BCUT2D eigenvalue weighted by atomic mass is 19.2. The number of ketones is 1. The number of halogens is 3. The lowest BCUT2D eigenvalue weighted by Gasteiger charge is -2.32. The Kier molecular flexibility index (Phi) is 3.46. The first-order chi connectivity index (χ1) is 8.46. The molecule has 1 fully saturated rings. The van der Waals surface area contributed by atoms with Gasteiger partial charge in [-0.05, 0) is 25.0 Å². The lowest BCUT2D eigenvalue weighted by atomic mass is 9.71. The minimum Gasteiger partial charge on any atom is -0.293 e. The van der Waals surface area contributed by atoms with Crippen molar-refractivity contribution >= 4 is 5.78 Å². The molecule has 0 unspecified atom stereocenters. The molecule has 0 bridgehead atoms. The van der Waals surface area contributed by atoms with E-state index >= 15 is 0 Å². The molecule has 18 heavy (non-hydrogen) atoms. The zero-order valence-electron chi connectivity index (χ0n) is 10.2. The van der Waals surface area contributed by atoms with Gasteiger partial charge in [0.15, 0.2) is 23.2 Å². The largest absolute Gasteiger partial charge is 0.293 e. The first-order valence-electron chi connectivity index (χ1n) is 6.14. The highest BCUT2D eigenvalue weighted by Crippen LogP contribution is 2.39. The van der Waals surface area contributed by atoms with Crippen LogP contribution in [0.2, 0.25) is 0 Å². The maximum Gasteiger partial charge on any atom is 0.195 e. The molecule has 0 spiro atoms. The van der Waals surface area contributed by atoms with Crippen LogP contribution in [-0.4, -0.2) is 5.78 Å². The fourth-order valence-corrected chi connectivity index (χ4v) is 2.59. The Bertz CT molecular complexity index is 476. The Morgan fingerprint density at radius 3 is 2.28 bits per heavy atom. The molecule has 98 valence electrons. The number of rotatable bonds is 2. The maximum atomic E-state index is 13.6. The van der Waals surface area contributed by atoms with E-state index in [-0.39, 0.29) is 5.56 Å². The molecular weight excluding hydrogens is 241 g/mol. The summed E-state index contributed by atoms with van der Waals surface area (Å²) in [5.74, 6) is -4.62. The van der Waals surface area contributed by atoms with Crippen molar-refractivity contribution in [2.45, 2.75) is 39.0 Å². The highest BCUT2D eigenvalue weighted by molar-refractivity contribution is 6.00. The quantitative estimate of drug-likeness (QED) is 0.571. The number of Topliss-reactive ketones (excluding diaryl/α,β-unsaturated/α-hetero) is 1. The van der Waals surface area contributed by atoms with Crippen molar-refractivity contribution in [3.05, 3.63) is 35.1 Å². The van der Waals surface area contributed by atoms with Gasteiger partial charge in [-0.15, -0.1) is 0 Å². The topological polar surface area (TPSA) is 17.1 Å². The van der Waals surface area contributed by atoms with Gasteiger partial charge in [0.05, 0.1) is 5.56 Å². The van der Waals surface area contributed by atoms with Crippen LogP contribution in [0.5, 0.6) is 0 Å². The van der Waals surface area contributed by atoms with Gasteiger partial charge in [0.1, 0.15) is 0 Å². The summed E-state index contributed by atoms with van der Waals surface area (Å²) in [6.07, 6.45) is 4.22. The van der Waals surface area contributed by atoms with E-state index < -0.39 is 28.6 Å². The van der Waals surface area contributed by atoms with Crippen LogP contribution in [0.3, 0.4) is 0 Å². The van der Waals surface area contributed by atoms with E-state index in [9.17, 15) is 18.0 Å². The van der Waals surface area contributed by atoms with E-state index in [1.165, 1.54) is 0 Å². The SMILES string of the molecule is CC1(C(=O)c2ccc(F)c(F)c2F)CCCCC1. The summed E-state index contributed by atoms with van der Waals surface area (Å²) in [5, 5.41) is 0. The summed E-state index contributed by atoms with van der Waals surface area (Å²) in [4.78, 5) is 12.3. The van der Waals surface area contributed by atoms with Gasteiger partial charge in [-0.1, -0.05) is 26.2 Å². The zero-order valence-corrected chi connectivity index (χ0v) is 10.2. The van der Waals surface area contributed by atoms with Gasteiger partial charge in [-0.3, -0.25) is 4.79 Å². The number of benzene rings is 1. The average molecular weight is 256 g/mol. The van der Waals surface area contributed by atoms with Gasteiger partial charge in [0, 0.05) is 5.41 Å². The molecule has 1 aliphatic rings. The lowest BCUT2D eigenvalue weighted by Crippen LogP contribution is -2.31. The van der Waals surface area contributed by atoms with E-state index in [1.807, 2.05) is 0 Å². The van der Waals surface area contributed by atoms with Crippen molar-refractivity contribution in [1.29, 1.82) is 0 Å². The highest BCUT2D eigenvalue weighted by Gasteiger charge is 2.37. The van der Waals surface area contributed by atoms with Crippen LogP contribution in [0.1, 0.15) is 49.4 Å². The third-order valence-electron chi connectivity index (χ3n) is 3.79. The molecule has 0 atom stereocenters. The molecule has 0 radical (unpaired) electrons. The molecule has 1 saturated carbocycles. The molecule has 0 aromatic heterocycles. The van der Waals surface area contributed by atoms with Crippen LogP contribution in [0.4, 0.5) is 13.2 Å². The summed E-state index contributed by atoms with van der Waals surface area (Å²) in [7, 11) is 0. The van der Waals surface area contributed by atoms with E-state index in [2.05, 4.69) is 0 Å². The van der Waals surface area contributed by atoms with Crippen molar-refractivity contribution in [3.63, 3.8) is 0 Å². The maximum absolute atomic E-state index is 13.6. The van der Waals surface area contributed by atoms with Crippen molar-refractivity contribution in [2.75, 3.05) is 0 Å². The monoisotopic (exact) mass is 256 g/mol. The minimum atomic E-state index is -1.57. The molecule has 1 aromatic rings. The second-order valence-corrected chi connectivity index (χ2v) is 5.17. The van der Waals surface area contributed by atoms with Gasteiger partial charge in [0.25, 0.3) is 0 Å². The number of hydrogen-bond donors (Lipinski definition) is 0.